The lowest BCUT2D eigenvalue weighted by Crippen LogP contribution is -2.28. The number of ether oxygens (including phenoxy) is 1. The molecule has 2 rings (SSSR count). The number of amides is 1. The monoisotopic (exact) mass is 289 g/mol. The molecule has 21 heavy (non-hydrogen) atoms. The van der Waals surface area contributed by atoms with Gasteiger partial charge in [0.2, 0.25) is 5.88 Å². The Morgan fingerprint density at radius 2 is 1.95 bits per heavy atom. The molecule has 0 aliphatic heterocycles. The Balaban J connectivity index is 1.79. The molecular weight excluding hydrogens is 273 g/mol. The number of nitrogens with zero attached hydrogens (tertiary/aromatic N) is 2. The Bertz CT molecular complexity index is 629. The standard InChI is InChI=1S/C15H16FN3O2/c1-10-7-15(19-18-11(10)2)21-9-14(20)17-8-12-3-5-13(16)6-4-12/h3-7H,8-9H2,1-2H3,(H,17,20). The summed E-state index contributed by atoms with van der Waals surface area (Å²) >= 11 is 0. The zero-order chi connectivity index (χ0) is 15.2. The van der Waals surface area contributed by atoms with Gasteiger partial charge < -0.3 is 10.1 Å². The number of hydrogen-bond donors (Lipinski definition) is 1. The van der Waals surface area contributed by atoms with Crippen molar-refractivity contribution in [2.45, 2.75) is 20.4 Å². The molecule has 1 aromatic heterocycles. The van der Waals surface area contributed by atoms with Gasteiger partial charge in [0, 0.05) is 12.6 Å². The number of aromatic nitrogens is 2. The normalized spacial score (nSPS) is 10.2. The van der Waals surface area contributed by atoms with Crippen LogP contribution >= 0.6 is 0 Å². The van der Waals surface area contributed by atoms with Gasteiger partial charge in [-0.3, -0.25) is 4.79 Å². The lowest BCUT2D eigenvalue weighted by molar-refractivity contribution is -0.123. The number of carbonyl (C=O) groups excluding carboxylic acids is 1. The van der Waals surface area contributed by atoms with Gasteiger partial charge in [0.15, 0.2) is 6.61 Å². The van der Waals surface area contributed by atoms with Crippen molar-refractivity contribution in [2.24, 2.45) is 0 Å². The van der Waals surface area contributed by atoms with E-state index in [-0.39, 0.29) is 18.3 Å². The molecule has 1 heterocycles. The second-order valence-corrected chi connectivity index (χ2v) is 4.64. The number of aryl methyl sites for hydroxylation is 2. The molecule has 0 bridgehead atoms. The molecule has 0 spiro atoms. The molecule has 110 valence electrons. The van der Waals surface area contributed by atoms with Gasteiger partial charge in [-0.2, -0.15) is 5.10 Å². The van der Waals surface area contributed by atoms with Gasteiger partial charge in [-0.05, 0) is 37.1 Å². The van der Waals surface area contributed by atoms with Crippen LogP contribution in [-0.2, 0) is 11.3 Å². The van der Waals surface area contributed by atoms with E-state index in [2.05, 4.69) is 15.5 Å². The van der Waals surface area contributed by atoms with Crippen molar-refractivity contribution < 1.29 is 13.9 Å². The zero-order valence-corrected chi connectivity index (χ0v) is 11.9. The van der Waals surface area contributed by atoms with E-state index in [0.717, 1.165) is 16.8 Å². The molecule has 1 amide bonds. The number of rotatable bonds is 5. The molecule has 0 unspecified atom stereocenters. The average Bonchev–Trinajstić information content (AvgIpc) is 2.48. The summed E-state index contributed by atoms with van der Waals surface area (Å²) in [5, 5.41) is 10.4. The highest BCUT2D eigenvalue weighted by Gasteiger charge is 2.05. The van der Waals surface area contributed by atoms with E-state index < -0.39 is 0 Å². The first-order chi connectivity index (χ1) is 10.0. The minimum atomic E-state index is -0.304. The van der Waals surface area contributed by atoms with Gasteiger partial charge in [0.05, 0.1) is 5.69 Å². The fourth-order valence-corrected chi connectivity index (χ4v) is 1.59. The highest BCUT2D eigenvalue weighted by atomic mass is 19.1. The van der Waals surface area contributed by atoms with Crippen molar-refractivity contribution >= 4 is 5.91 Å². The van der Waals surface area contributed by atoms with Crippen LogP contribution < -0.4 is 10.1 Å². The average molecular weight is 289 g/mol. The summed E-state index contributed by atoms with van der Waals surface area (Å²) in [5.74, 6) is -0.267. The fraction of sp³-hybridized carbons (Fsp3) is 0.267. The van der Waals surface area contributed by atoms with E-state index in [1.54, 1.807) is 18.2 Å². The number of carbonyl (C=O) groups is 1. The van der Waals surface area contributed by atoms with E-state index in [1.807, 2.05) is 13.8 Å². The Morgan fingerprint density at radius 3 is 2.62 bits per heavy atom. The molecule has 0 radical (unpaired) electrons. The molecule has 0 fully saturated rings. The molecule has 2 aromatic rings. The van der Waals surface area contributed by atoms with Gasteiger partial charge in [-0.25, -0.2) is 4.39 Å². The van der Waals surface area contributed by atoms with E-state index in [0.29, 0.717) is 12.4 Å². The van der Waals surface area contributed by atoms with E-state index in [4.69, 9.17) is 4.74 Å². The number of halogens is 1. The van der Waals surface area contributed by atoms with Crippen molar-refractivity contribution in [3.8, 4) is 5.88 Å². The Kier molecular flexibility index (Phi) is 4.81. The van der Waals surface area contributed by atoms with Crippen molar-refractivity contribution in [1.29, 1.82) is 0 Å². The van der Waals surface area contributed by atoms with Crippen LogP contribution in [0.25, 0.3) is 0 Å². The predicted molar refractivity (Wildman–Crippen MR) is 75.2 cm³/mol. The highest BCUT2D eigenvalue weighted by Crippen LogP contribution is 2.09. The summed E-state index contributed by atoms with van der Waals surface area (Å²) in [6.07, 6.45) is 0. The first-order valence-corrected chi connectivity index (χ1v) is 6.49. The Morgan fingerprint density at radius 1 is 1.24 bits per heavy atom. The molecule has 0 aliphatic carbocycles. The van der Waals surface area contributed by atoms with Gasteiger partial charge in [0.25, 0.3) is 5.91 Å². The second-order valence-electron chi connectivity index (χ2n) is 4.64. The summed E-state index contributed by atoms with van der Waals surface area (Å²) in [7, 11) is 0. The molecule has 1 aromatic carbocycles. The Hall–Kier alpha value is -2.50. The summed E-state index contributed by atoms with van der Waals surface area (Å²) in [6, 6.07) is 7.66. The third-order valence-corrected chi connectivity index (χ3v) is 2.96. The molecule has 0 saturated heterocycles. The van der Waals surface area contributed by atoms with E-state index in [9.17, 15) is 9.18 Å². The fourth-order valence-electron chi connectivity index (χ4n) is 1.59. The van der Waals surface area contributed by atoms with E-state index in [1.165, 1.54) is 12.1 Å². The lowest BCUT2D eigenvalue weighted by Gasteiger charge is -2.07. The largest absolute Gasteiger partial charge is 0.466 e. The van der Waals surface area contributed by atoms with E-state index >= 15 is 0 Å². The highest BCUT2D eigenvalue weighted by molar-refractivity contribution is 5.77. The maximum Gasteiger partial charge on any atom is 0.258 e. The molecular formula is C15H16FN3O2. The summed E-state index contributed by atoms with van der Waals surface area (Å²) < 4.78 is 18.0. The second kappa shape index (κ2) is 6.78. The van der Waals surface area contributed by atoms with Gasteiger partial charge in [0.1, 0.15) is 5.82 Å². The van der Waals surface area contributed by atoms with Crippen molar-refractivity contribution in [3.63, 3.8) is 0 Å². The lowest BCUT2D eigenvalue weighted by atomic mass is 10.2. The number of nitrogens with one attached hydrogen (secondary N) is 1. The van der Waals surface area contributed by atoms with Gasteiger partial charge in [-0.1, -0.05) is 12.1 Å². The molecule has 0 aliphatic rings. The summed E-state index contributed by atoms with van der Waals surface area (Å²) in [4.78, 5) is 11.7. The topological polar surface area (TPSA) is 64.1 Å². The van der Waals surface area contributed by atoms with Crippen LogP contribution in [-0.4, -0.2) is 22.7 Å². The number of benzene rings is 1. The third kappa shape index (κ3) is 4.52. The van der Waals surface area contributed by atoms with Crippen molar-refractivity contribution in [1.82, 2.24) is 15.5 Å². The van der Waals surface area contributed by atoms with Crippen LogP contribution in [0.1, 0.15) is 16.8 Å². The first kappa shape index (κ1) is 14.9. The first-order valence-electron chi connectivity index (χ1n) is 6.49. The summed E-state index contributed by atoms with van der Waals surface area (Å²) in [5.41, 5.74) is 2.59. The minimum absolute atomic E-state index is 0.141. The molecule has 0 atom stereocenters. The van der Waals surface area contributed by atoms with Gasteiger partial charge in [-0.15, -0.1) is 5.10 Å². The van der Waals surface area contributed by atoms with Crippen LogP contribution in [0, 0.1) is 19.7 Å². The van der Waals surface area contributed by atoms with Crippen LogP contribution in [0.15, 0.2) is 30.3 Å². The summed E-state index contributed by atoms with van der Waals surface area (Å²) in [6.45, 7) is 3.92. The zero-order valence-electron chi connectivity index (χ0n) is 11.9. The molecule has 6 heteroatoms. The van der Waals surface area contributed by atoms with Crippen LogP contribution in [0.2, 0.25) is 0 Å². The predicted octanol–water partition coefficient (Wildman–Crippen LogP) is 1.93. The maximum absolute atomic E-state index is 12.7. The molecule has 1 N–H and O–H groups in total. The van der Waals surface area contributed by atoms with Crippen LogP contribution in [0.3, 0.4) is 0 Å². The smallest absolute Gasteiger partial charge is 0.258 e. The number of hydrogen-bond acceptors (Lipinski definition) is 4. The van der Waals surface area contributed by atoms with Crippen molar-refractivity contribution in [2.75, 3.05) is 6.61 Å². The SMILES string of the molecule is Cc1cc(OCC(=O)NCc2ccc(F)cc2)nnc1C. The molecule has 5 nitrogen and oxygen atoms in total. The Labute approximate surface area is 122 Å². The van der Waals surface area contributed by atoms with Crippen molar-refractivity contribution in [3.05, 3.63) is 53.0 Å². The minimum Gasteiger partial charge on any atom is -0.466 e. The molecule has 0 saturated carbocycles. The maximum atomic E-state index is 12.7. The van der Waals surface area contributed by atoms with Gasteiger partial charge >= 0.3 is 0 Å². The third-order valence-electron chi connectivity index (χ3n) is 2.96. The van der Waals surface area contributed by atoms with Crippen LogP contribution in [0.5, 0.6) is 5.88 Å². The quantitative estimate of drug-likeness (QED) is 0.913. The van der Waals surface area contributed by atoms with Crippen LogP contribution in [0.4, 0.5) is 4.39 Å².